The first-order valence-corrected chi connectivity index (χ1v) is 7.69. The highest BCUT2D eigenvalue weighted by atomic mass is 19.4. The molecule has 1 amide bonds. The predicted octanol–water partition coefficient (Wildman–Crippen LogP) is 2.71. The Balaban J connectivity index is 1.85. The van der Waals surface area contributed by atoms with Crippen LogP contribution in [0.15, 0.2) is 30.5 Å². The number of aromatic carboxylic acids is 1. The van der Waals surface area contributed by atoms with Crippen molar-refractivity contribution in [1.82, 2.24) is 9.78 Å². The lowest BCUT2D eigenvalue weighted by atomic mass is 10.2. The summed E-state index contributed by atoms with van der Waals surface area (Å²) in [6.07, 6.45) is -3.36. The Bertz CT molecular complexity index is 824. The number of amides is 1. The van der Waals surface area contributed by atoms with Gasteiger partial charge in [0.1, 0.15) is 11.7 Å². The van der Waals surface area contributed by atoms with Gasteiger partial charge in [-0.3, -0.25) is 4.79 Å². The molecule has 26 heavy (non-hydrogen) atoms. The lowest BCUT2D eigenvalue weighted by Crippen LogP contribution is -2.26. The summed E-state index contributed by atoms with van der Waals surface area (Å²) in [5, 5.41) is 15.1. The number of halogens is 3. The molecule has 1 aliphatic rings. The number of hydrogen-bond acceptors (Lipinski definition) is 4. The van der Waals surface area contributed by atoms with Crippen molar-refractivity contribution >= 4 is 17.6 Å². The van der Waals surface area contributed by atoms with E-state index >= 15 is 0 Å². The van der Waals surface area contributed by atoms with Gasteiger partial charge in [-0.15, -0.1) is 0 Å². The molecule has 0 radical (unpaired) electrons. The summed E-state index contributed by atoms with van der Waals surface area (Å²) in [6.45, 7) is 0.516. The Hall–Kier alpha value is -2.88. The van der Waals surface area contributed by atoms with E-state index in [0.717, 1.165) is 6.42 Å². The molecular formula is C16H14F3N3O4. The lowest BCUT2D eigenvalue weighted by molar-refractivity contribution is -0.143. The monoisotopic (exact) mass is 369 g/mol. The minimum absolute atomic E-state index is 0.0138. The average molecular weight is 369 g/mol. The summed E-state index contributed by atoms with van der Waals surface area (Å²) < 4.78 is 45.4. The van der Waals surface area contributed by atoms with Gasteiger partial charge in [0, 0.05) is 12.3 Å². The van der Waals surface area contributed by atoms with Gasteiger partial charge in [0.05, 0.1) is 11.9 Å². The fraction of sp³-hybridized carbons (Fsp3) is 0.312. The Morgan fingerprint density at radius 3 is 2.50 bits per heavy atom. The van der Waals surface area contributed by atoms with Gasteiger partial charge in [0.2, 0.25) is 0 Å². The van der Waals surface area contributed by atoms with Crippen LogP contribution < -0.4 is 5.32 Å². The molecule has 1 aromatic carbocycles. The standard InChI is InChI=1S/C16H14F3N3O4/c17-16(18,19)13-11(15(24)25)8-20-22(13)10-5-3-9(4-6-10)21-14(23)12-2-1-7-26-12/h3-6,8,12H,1-2,7H2,(H,21,23)(H,24,25)/t12-/m0/s1. The maximum Gasteiger partial charge on any atom is 0.434 e. The molecule has 1 aromatic heterocycles. The number of nitrogens with one attached hydrogen (secondary N) is 1. The average Bonchev–Trinajstić information content (AvgIpc) is 3.25. The van der Waals surface area contributed by atoms with Crippen LogP contribution in [-0.2, 0) is 15.7 Å². The van der Waals surface area contributed by atoms with Gasteiger partial charge in [0.15, 0.2) is 5.69 Å². The Labute approximate surface area is 145 Å². The van der Waals surface area contributed by atoms with Crippen molar-refractivity contribution in [3.63, 3.8) is 0 Å². The van der Waals surface area contributed by atoms with Crippen LogP contribution in [0.1, 0.15) is 28.9 Å². The largest absolute Gasteiger partial charge is 0.478 e. The molecule has 0 spiro atoms. The number of nitrogens with zero attached hydrogens (tertiary/aromatic N) is 2. The molecule has 0 unspecified atom stereocenters. The van der Waals surface area contributed by atoms with E-state index in [1.807, 2.05) is 0 Å². The number of carboxylic acid groups (broad SMARTS) is 1. The zero-order valence-corrected chi connectivity index (χ0v) is 13.3. The number of aromatic nitrogens is 2. The smallest absolute Gasteiger partial charge is 0.434 e. The number of anilines is 1. The minimum Gasteiger partial charge on any atom is -0.478 e. The van der Waals surface area contributed by atoms with Gasteiger partial charge in [-0.25, -0.2) is 9.48 Å². The van der Waals surface area contributed by atoms with E-state index in [9.17, 15) is 22.8 Å². The third kappa shape index (κ3) is 3.54. The van der Waals surface area contributed by atoms with Crippen molar-refractivity contribution in [3.8, 4) is 5.69 Å². The number of carbonyl (C=O) groups excluding carboxylic acids is 1. The van der Waals surface area contributed by atoms with E-state index in [1.165, 1.54) is 24.3 Å². The SMILES string of the molecule is O=C(O)c1cnn(-c2ccc(NC(=O)[C@@H]3CCCO3)cc2)c1C(F)(F)F. The molecule has 3 rings (SSSR count). The molecule has 2 aromatic rings. The third-order valence-corrected chi connectivity index (χ3v) is 3.87. The number of benzene rings is 1. The zero-order chi connectivity index (χ0) is 18.9. The molecule has 138 valence electrons. The fourth-order valence-electron chi connectivity index (χ4n) is 2.67. The molecule has 2 heterocycles. The second-order valence-electron chi connectivity index (χ2n) is 5.66. The van der Waals surface area contributed by atoms with E-state index in [-0.39, 0.29) is 11.6 Å². The van der Waals surface area contributed by atoms with Gasteiger partial charge in [0.25, 0.3) is 5.91 Å². The van der Waals surface area contributed by atoms with Crippen LogP contribution in [0.25, 0.3) is 5.69 Å². The van der Waals surface area contributed by atoms with Crippen LogP contribution in [-0.4, -0.2) is 39.5 Å². The van der Waals surface area contributed by atoms with Gasteiger partial charge < -0.3 is 15.2 Å². The summed E-state index contributed by atoms with van der Waals surface area (Å²) in [7, 11) is 0. The van der Waals surface area contributed by atoms with E-state index < -0.39 is 29.5 Å². The first-order valence-electron chi connectivity index (χ1n) is 7.69. The van der Waals surface area contributed by atoms with Gasteiger partial charge in [-0.2, -0.15) is 18.3 Å². The number of rotatable bonds is 4. The molecule has 0 aliphatic carbocycles. The highest BCUT2D eigenvalue weighted by Crippen LogP contribution is 2.33. The van der Waals surface area contributed by atoms with Crippen LogP contribution in [0.5, 0.6) is 0 Å². The van der Waals surface area contributed by atoms with Crippen molar-refractivity contribution in [2.45, 2.75) is 25.1 Å². The molecule has 0 saturated carbocycles. The minimum atomic E-state index is -4.89. The maximum absolute atomic E-state index is 13.2. The molecule has 1 aliphatic heterocycles. The fourth-order valence-corrected chi connectivity index (χ4v) is 2.67. The highest BCUT2D eigenvalue weighted by molar-refractivity contribution is 5.94. The lowest BCUT2D eigenvalue weighted by Gasteiger charge is -2.13. The molecular weight excluding hydrogens is 355 g/mol. The topological polar surface area (TPSA) is 93.5 Å². The maximum atomic E-state index is 13.2. The summed E-state index contributed by atoms with van der Waals surface area (Å²) in [5.74, 6) is -2.04. The van der Waals surface area contributed by atoms with Crippen LogP contribution in [0.2, 0.25) is 0 Å². The van der Waals surface area contributed by atoms with Gasteiger partial charge in [-0.05, 0) is 37.1 Å². The van der Waals surface area contributed by atoms with Crippen molar-refractivity contribution in [1.29, 1.82) is 0 Å². The summed E-state index contributed by atoms with van der Waals surface area (Å²) in [6, 6.07) is 5.42. The van der Waals surface area contributed by atoms with E-state index in [0.29, 0.717) is 29.6 Å². The summed E-state index contributed by atoms with van der Waals surface area (Å²) >= 11 is 0. The van der Waals surface area contributed by atoms with Gasteiger partial charge >= 0.3 is 12.1 Å². The van der Waals surface area contributed by atoms with Crippen molar-refractivity contribution in [3.05, 3.63) is 41.7 Å². The Morgan fingerprint density at radius 2 is 1.96 bits per heavy atom. The molecule has 1 fully saturated rings. The zero-order valence-electron chi connectivity index (χ0n) is 13.3. The number of ether oxygens (including phenoxy) is 1. The van der Waals surface area contributed by atoms with Crippen molar-refractivity contribution < 1.29 is 32.6 Å². The van der Waals surface area contributed by atoms with E-state index in [4.69, 9.17) is 9.84 Å². The Morgan fingerprint density at radius 1 is 1.27 bits per heavy atom. The van der Waals surface area contributed by atoms with Gasteiger partial charge in [-0.1, -0.05) is 0 Å². The third-order valence-electron chi connectivity index (χ3n) is 3.87. The van der Waals surface area contributed by atoms with Crippen LogP contribution in [0.3, 0.4) is 0 Å². The first kappa shape index (κ1) is 17.9. The van der Waals surface area contributed by atoms with Crippen molar-refractivity contribution in [2.75, 3.05) is 11.9 Å². The molecule has 1 saturated heterocycles. The first-order chi connectivity index (χ1) is 12.3. The number of hydrogen-bond donors (Lipinski definition) is 2. The molecule has 2 N–H and O–H groups in total. The molecule has 0 bridgehead atoms. The quantitative estimate of drug-likeness (QED) is 0.864. The number of carbonyl (C=O) groups is 2. The highest BCUT2D eigenvalue weighted by Gasteiger charge is 2.40. The van der Waals surface area contributed by atoms with E-state index in [1.54, 1.807) is 0 Å². The molecule has 1 atom stereocenters. The number of carboxylic acids is 1. The summed E-state index contributed by atoms with van der Waals surface area (Å²) in [4.78, 5) is 23.0. The van der Waals surface area contributed by atoms with Crippen LogP contribution >= 0.6 is 0 Å². The molecule has 10 heteroatoms. The summed E-state index contributed by atoms with van der Waals surface area (Å²) in [5.41, 5.74) is -1.91. The second kappa shape index (κ2) is 6.79. The normalized spacial score (nSPS) is 17.3. The second-order valence-corrected chi connectivity index (χ2v) is 5.66. The molecule has 7 nitrogen and oxygen atoms in total. The number of alkyl halides is 3. The van der Waals surface area contributed by atoms with Crippen LogP contribution in [0, 0.1) is 0 Å². The van der Waals surface area contributed by atoms with Crippen LogP contribution in [0.4, 0.5) is 18.9 Å². The Kier molecular flexibility index (Phi) is 4.68. The van der Waals surface area contributed by atoms with E-state index in [2.05, 4.69) is 10.4 Å². The predicted molar refractivity (Wildman–Crippen MR) is 83.1 cm³/mol. The van der Waals surface area contributed by atoms with Crippen molar-refractivity contribution in [2.24, 2.45) is 0 Å².